The van der Waals surface area contributed by atoms with E-state index in [4.69, 9.17) is 5.73 Å². The Labute approximate surface area is 112 Å². The third-order valence-corrected chi connectivity index (χ3v) is 2.70. The van der Waals surface area contributed by atoms with E-state index in [-0.39, 0.29) is 17.9 Å². The molecule has 0 saturated heterocycles. The highest BCUT2D eigenvalue weighted by atomic mass is 19.4. The van der Waals surface area contributed by atoms with Crippen molar-refractivity contribution in [2.75, 3.05) is 0 Å². The summed E-state index contributed by atoms with van der Waals surface area (Å²) < 4.78 is 54.6. The Hall–Kier alpha value is -2.08. The number of hydrogen-bond acceptors (Lipinski definition) is 2. The summed E-state index contributed by atoms with van der Waals surface area (Å²) in [6.45, 7) is 0.0206. The molecule has 6 heteroatoms. The molecule has 2 N–H and O–H groups in total. The summed E-state index contributed by atoms with van der Waals surface area (Å²) in [6, 6.07) is 9.65. The van der Waals surface area contributed by atoms with E-state index in [1.807, 2.05) is 0 Å². The molecule has 20 heavy (non-hydrogen) atoms. The third-order valence-electron chi connectivity index (χ3n) is 2.70. The first kappa shape index (κ1) is 14.3. The predicted molar refractivity (Wildman–Crippen MR) is 66.4 cm³/mol. The highest BCUT2D eigenvalue weighted by molar-refractivity contribution is 5.70. The average molecular weight is 285 g/mol. The van der Waals surface area contributed by atoms with Crippen LogP contribution in [0.5, 0.6) is 5.75 Å². The molecular weight excluding hydrogens is 274 g/mol. The first-order valence-corrected chi connectivity index (χ1v) is 5.74. The SMILES string of the molecule is NCc1ccc(-c2ccccc2OC(F)(F)F)cc1F. The molecule has 0 spiro atoms. The van der Waals surface area contributed by atoms with Crippen molar-refractivity contribution < 1.29 is 22.3 Å². The second-order valence-electron chi connectivity index (χ2n) is 4.05. The maximum absolute atomic E-state index is 13.7. The zero-order chi connectivity index (χ0) is 14.8. The number of para-hydroxylation sites is 1. The fourth-order valence-corrected chi connectivity index (χ4v) is 1.80. The molecule has 0 fully saturated rings. The molecule has 0 radical (unpaired) electrons. The Morgan fingerprint density at radius 2 is 1.75 bits per heavy atom. The molecule has 2 aromatic rings. The van der Waals surface area contributed by atoms with Crippen LogP contribution in [0.4, 0.5) is 17.6 Å². The van der Waals surface area contributed by atoms with Gasteiger partial charge in [-0.05, 0) is 17.7 Å². The number of alkyl halides is 3. The minimum absolute atomic E-state index is 0.0206. The highest BCUT2D eigenvalue weighted by Gasteiger charge is 2.32. The summed E-state index contributed by atoms with van der Waals surface area (Å²) in [5, 5.41) is 0. The van der Waals surface area contributed by atoms with Crippen LogP contribution in [0.1, 0.15) is 5.56 Å². The normalized spacial score (nSPS) is 11.4. The molecule has 0 aliphatic carbocycles. The Morgan fingerprint density at radius 1 is 1.05 bits per heavy atom. The van der Waals surface area contributed by atoms with Gasteiger partial charge in [-0.3, -0.25) is 0 Å². The third kappa shape index (κ3) is 3.27. The van der Waals surface area contributed by atoms with Crippen LogP contribution < -0.4 is 10.5 Å². The lowest BCUT2D eigenvalue weighted by Crippen LogP contribution is -2.17. The Bertz CT molecular complexity index is 610. The Morgan fingerprint density at radius 3 is 2.35 bits per heavy atom. The van der Waals surface area contributed by atoms with Gasteiger partial charge in [-0.15, -0.1) is 13.2 Å². The number of halogens is 4. The maximum atomic E-state index is 13.7. The molecular formula is C14H11F4NO. The van der Waals surface area contributed by atoms with Gasteiger partial charge in [-0.25, -0.2) is 4.39 Å². The van der Waals surface area contributed by atoms with E-state index in [9.17, 15) is 17.6 Å². The van der Waals surface area contributed by atoms with Gasteiger partial charge in [-0.2, -0.15) is 0 Å². The van der Waals surface area contributed by atoms with Gasteiger partial charge in [0.05, 0.1) is 0 Å². The van der Waals surface area contributed by atoms with Gasteiger partial charge >= 0.3 is 6.36 Å². The second kappa shape index (κ2) is 5.50. The molecule has 2 nitrogen and oxygen atoms in total. The van der Waals surface area contributed by atoms with Crippen LogP contribution in [-0.4, -0.2) is 6.36 Å². The van der Waals surface area contributed by atoms with E-state index < -0.39 is 12.2 Å². The van der Waals surface area contributed by atoms with Gasteiger partial charge in [0.25, 0.3) is 0 Å². The van der Waals surface area contributed by atoms with Crippen molar-refractivity contribution in [2.24, 2.45) is 5.73 Å². The summed E-state index contributed by atoms with van der Waals surface area (Å²) in [7, 11) is 0. The van der Waals surface area contributed by atoms with E-state index in [1.165, 1.54) is 30.3 Å². The van der Waals surface area contributed by atoms with Gasteiger partial charge in [0.1, 0.15) is 11.6 Å². The molecule has 106 valence electrons. The van der Waals surface area contributed by atoms with Crippen LogP contribution in [0.25, 0.3) is 11.1 Å². The molecule has 0 amide bonds. The van der Waals surface area contributed by atoms with Crippen LogP contribution in [0.2, 0.25) is 0 Å². The lowest BCUT2D eigenvalue weighted by molar-refractivity contribution is -0.274. The van der Waals surface area contributed by atoms with E-state index in [2.05, 4.69) is 4.74 Å². The summed E-state index contributed by atoms with van der Waals surface area (Å²) in [5.74, 6) is -0.938. The van der Waals surface area contributed by atoms with Gasteiger partial charge in [0, 0.05) is 17.7 Å². The largest absolute Gasteiger partial charge is 0.573 e. The van der Waals surface area contributed by atoms with E-state index in [0.29, 0.717) is 11.1 Å². The minimum atomic E-state index is -4.80. The number of benzene rings is 2. The average Bonchev–Trinajstić information content (AvgIpc) is 2.37. The van der Waals surface area contributed by atoms with Gasteiger partial charge in [0.2, 0.25) is 0 Å². The highest BCUT2D eigenvalue weighted by Crippen LogP contribution is 2.34. The molecule has 0 saturated carbocycles. The number of nitrogens with two attached hydrogens (primary N) is 1. The molecule has 0 aliphatic rings. The van der Waals surface area contributed by atoms with Gasteiger partial charge in [-0.1, -0.05) is 30.3 Å². The van der Waals surface area contributed by atoms with Gasteiger partial charge in [0.15, 0.2) is 0 Å². The zero-order valence-electron chi connectivity index (χ0n) is 10.2. The summed E-state index contributed by atoms with van der Waals surface area (Å²) in [6.07, 6.45) is -4.80. The summed E-state index contributed by atoms with van der Waals surface area (Å²) in [4.78, 5) is 0. The lowest BCUT2D eigenvalue weighted by Gasteiger charge is -2.13. The topological polar surface area (TPSA) is 35.2 Å². The fourth-order valence-electron chi connectivity index (χ4n) is 1.80. The molecule has 2 aromatic carbocycles. The first-order valence-electron chi connectivity index (χ1n) is 5.74. The quantitative estimate of drug-likeness (QED) is 0.869. The lowest BCUT2D eigenvalue weighted by atomic mass is 10.0. The zero-order valence-corrected chi connectivity index (χ0v) is 10.2. The molecule has 0 heterocycles. The minimum Gasteiger partial charge on any atom is -0.405 e. The maximum Gasteiger partial charge on any atom is 0.573 e. The molecule has 0 atom stereocenters. The Balaban J connectivity index is 2.45. The summed E-state index contributed by atoms with van der Waals surface area (Å²) in [5.41, 5.74) is 6.08. The molecule has 0 aromatic heterocycles. The van der Waals surface area contributed by atoms with Crippen LogP contribution in [-0.2, 0) is 6.54 Å². The smallest absolute Gasteiger partial charge is 0.405 e. The van der Waals surface area contributed by atoms with Crippen LogP contribution in [0.3, 0.4) is 0 Å². The van der Waals surface area contributed by atoms with Crippen LogP contribution >= 0.6 is 0 Å². The van der Waals surface area contributed by atoms with E-state index >= 15 is 0 Å². The van der Waals surface area contributed by atoms with E-state index in [0.717, 1.165) is 6.07 Å². The Kier molecular flexibility index (Phi) is 3.94. The first-order chi connectivity index (χ1) is 9.40. The number of hydrogen-bond donors (Lipinski definition) is 1. The number of rotatable bonds is 3. The molecule has 0 unspecified atom stereocenters. The molecule has 2 rings (SSSR count). The van der Waals surface area contributed by atoms with Gasteiger partial charge < -0.3 is 10.5 Å². The predicted octanol–water partition coefficient (Wildman–Crippen LogP) is 3.85. The van der Waals surface area contributed by atoms with Crippen molar-refractivity contribution in [2.45, 2.75) is 12.9 Å². The summed E-state index contributed by atoms with van der Waals surface area (Å²) >= 11 is 0. The van der Waals surface area contributed by atoms with Crippen LogP contribution in [0, 0.1) is 5.82 Å². The molecule has 0 bridgehead atoms. The fraction of sp³-hybridized carbons (Fsp3) is 0.143. The van der Waals surface area contributed by atoms with E-state index in [1.54, 1.807) is 6.07 Å². The van der Waals surface area contributed by atoms with Crippen molar-refractivity contribution in [3.8, 4) is 16.9 Å². The standard InChI is InChI=1S/C14H11F4NO/c15-12-7-9(5-6-10(12)8-19)11-3-1-2-4-13(11)20-14(16,17)18/h1-7H,8,19H2. The van der Waals surface area contributed by atoms with Crippen molar-refractivity contribution in [3.05, 3.63) is 53.8 Å². The van der Waals surface area contributed by atoms with Crippen molar-refractivity contribution >= 4 is 0 Å². The number of ether oxygens (including phenoxy) is 1. The van der Waals surface area contributed by atoms with Crippen LogP contribution in [0.15, 0.2) is 42.5 Å². The van der Waals surface area contributed by atoms with Crippen molar-refractivity contribution in [1.82, 2.24) is 0 Å². The monoisotopic (exact) mass is 285 g/mol. The van der Waals surface area contributed by atoms with Crippen molar-refractivity contribution in [3.63, 3.8) is 0 Å². The molecule has 0 aliphatic heterocycles. The van der Waals surface area contributed by atoms with Crippen molar-refractivity contribution in [1.29, 1.82) is 0 Å². The second-order valence-corrected chi connectivity index (χ2v) is 4.05.